The van der Waals surface area contributed by atoms with Gasteiger partial charge in [0, 0.05) is 24.8 Å². The van der Waals surface area contributed by atoms with Crippen LogP contribution in [0, 0.1) is 5.82 Å². The van der Waals surface area contributed by atoms with Crippen LogP contribution in [-0.2, 0) is 6.42 Å². The van der Waals surface area contributed by atoms with Crippen molar-refractivity contribution in [1.29, 1.82) is 0 Å². The molecule has 1 unspecified atom stereocenters. The molecular weight excluding hydrogens is 239 g/mol. The molecule has 19 heavy (non-hydrogen) atoms. The van der Waals surface area contributed by atoms with E-state index in [4.69, 9.17) is 5.73 Å². The van der Waals surface area contributed by atoms with Crippen LogP contribution in [0.25, 0.3) is 0 Å². The Morgan fingerprint density at radius 2 is 1.89 bits per heavy atom. The van der Waals surface area contributed by atoms with Crippen molar-refractivity contribution in [2.45, 2.75) is 51.5 Å². The van der Waals surface area contributed by atoms with E-state index < -0.39 is 0 Å². The molecular formula is C16H25FN2. The van der Waals surface area contributed by atoms with Gasteiger partial charge in [-0.25, -0.2) is 4.39 Å². The Kier molecular flexibility index (Phi) is 5.20. The Hall–Kier alpha value is -1.09. The number of anilines is 1. The summed E-state index contributed by atoms with van der Waals surface area (Å²) in [6.07, 6.45) is 6.77. The largest absolute Gasteiger partial charge is 0.371 e. The Balaban J connectivity index is 2.21. The van der Waals surface area contributed by atoms with E-state index in [-0.39, 0.29) is 11.9 Å². The molecule has 1 saturated heterocycles. The van der Waals surface area contributed by atoms with Crippen molar-refractivity contribution < 1.29 is 4.39 Å². The zero-order valence-electron chi connectivity index (χ0n) is 11.9. The first-order valence-corrected chi connectivity index (χ1v) is 7.49. The summed E-state index contributed by atoms with van der Waals surface area (Å²) in [6.45, 7) is 4.25. The van der Waals surface area contributed by atoms with Crippen molar-refractivity contribution >= 4 is 5.69 Å². The molecule has 0 radical (unpaired) electrons. The zero-order chi connectivity index (χ0) is 13.7. The lowest BCUT2D eigenvalue weighted by atomic mass is 10.0. The highest BCUT2D eigenvalue weighted by Crippen LogP contribution is 2.26. The fraction of sp³-hybridized carbons (Fsp3) is 0.625. The molecule has 1 aromatic rings. The number of halogens is 1. The third-order valence-electron chi connectivity index (χ3n) is 3.99. The Bertz CT molecular complexity index is 398. The Morgan fingerprint density at radius 3 is 2.53 bits per heavy atom. The lowest BCUT2D eigenvalue weighted by molar-refractivity contribution is 0.612. The van der Waals surface area contributed by atoms with Crippen molar-refractivity contribution in [2.24, 2.45) is 5.73 Å². The number of benzene rings is 1. The van der Waals surface area contributed by atoms with Crippen molar-refractivity contribution in [1.82, 2.24) is 0 Å². The minimum Gasteiger partial charge on any atom is -0.371 e. The van der Waals surface area contributed by atoms with Crippen LogP contribution in [0.5, 0.6) is 0 Å². The first-order chi connectivity index (χ1) is 9.20. The molecule has 0 aromatic heterocycles. The number of hydrogen-bond donors (Lipinski definition) is 1. The Labute approximate surface area is 115 Å². The monoisotopic (exact) mass is 264 g/mol. The second-order valence-electron chi connectivity index (χ2n) is 5.55. The quantitative estimate of drug-likeness (QED) is 0.902. The van der Waals surface area contributed by atoms with Gasteiger partial charge in [-0.05, 0) is 49.4 Å². The summed E-state index contributed by atoms with van der Waals surface area (Å²) >= 11 is 0. The van der Waals surface area contributed by atoms with E-state index in [0.29, 0.717) is 0 Å². The highest BCUT2D eigenvalue weighted by molar-refractivity contribution is 5.54. The van der Waals surface area contributed by atoms with E-state index in [1.54, 1.807) is 12.1 Å². The summed E-state index contributed by atoms with van der Waals surface area (Å²) in [4.78, 5) is 2.41. The van der Waals surface area contributed by atoms with Crippen LogP contribution >= 0.6 is 0 Å². The third kappa shape index (κ3) is 3.93. The average Bonchev–Trinajstić information content (AvgIpc) is 2.67. The van der Waals surface area contributed by atoms with Crippen LogP contribution in [0.15, 0.2) is 18.2 Å². The molecule has 3 heteroatoms. The lowest BCUT2D eigenvalue weighted by Crippen LogP contribution is -2.27. The molecule has 0 aliphatic carbocycles. The van der Waals surface area contributed by atoms with Crippen molar-refractivity contribution in [3.05, 3.63) is 29.6 Å². The van der Waals surface area contributed by atoms with Crippen molar-refractivity contribution in [3.8, 4) is 0 Å². The van der Waals surface area contributed by atoms with Gasteiger partial charge in [0.25, 0.3) is 0 Å². The summed E-state index contributed by atoms with van der Waals surface area (Å²) < 4.78 is 13.5. The van der Waals surface area contributed by atoms with Crippen LogP contribution in [-0.4, -0.2) is 19.1 Å². The number of nitrogens with two attached hydrogens (primary N) is 1. The van der Waals surface area contributed by atoms with Crippen LogP contribution in [0.2, 0.25) is 0 Å². The maximum absolute atomic E-state index is 13.5. The molecule has 2 nitrogen and oxygen atoms in total. The molecule has 1 fully saturated rings. The first kappa shape index (κ1) is 14.3. The fourth-order valence-corrected chi connectivity index (χ4v) is 2.76. The van der Waals surface area contributed by atoms with Gasteiger partial charge in [0.15, 0.2) is 0 Å². The smallest absolute Gasteiger partial charge is 0.123 e. The van der Waals surface area contributed by atoms with E-state index >= 15 is 0 Å². The molecule has 2 rings (SSSR count). The molecule has 2 N–H and O–H groups in total. The lowest BCUT2D eigenvalue weighted by Gasteiger charge is -2.26. The molecule has 1 heterocycles. The van der Waals surface area contributed by atoms with Crippen molar-refractivity contribution in [2.75, 3.05) is 18.0 Å². The summed E-state index contributed by atoms with van der Waals surface area (Å²) in [7, 11) is 0. The molecule has 106 valence electrons. The normalized spacial score (nSPS) is 18.2. The molecule has 0 saturated carbocycles. The van der Waals surface area contributed by atoms with E-state index in [9.17, 15) is 4.39 Å². The summed E-state index contributed by atoms with van der Waals surface area (Å²) in [5.74, 6) is -0.156. The molecule has 0 spiro atoms. The standard InChI is InChI=1S/C16H25FN2/c1-2-15(18)12-13-11-14(17)7-8-16(13)19-9-5-3-4-6-10-19/h7-8,11,15H,2-6,9-10,12,18H2,1H3. The maximum Gasteiger partial charge on any atom is 0.123 e. The highest BCUT2D eigenvalue weighted by atomic mass is 19.1. The minimum atomic E-state index is -0.156. The van der Waals surface area contributed by atoms with Gasteiger partial charge in [0.2, 0.25) is 0 Å². The van der Waals surface area contributed by atoms with Crippen LogP contribution in [0.1, 0.15) is 44.6 Å². The topological polar surface area (TPSA) is 29.3 Å². The summed E-state index contributed by atoms with van der Waals surface area (Å²) in [6, 6.07) is 5.28. The van der Waals surface area contributed by atoms with Gasteiger partial charge in [0.05, 0.1) is 0 Å². The molecule has 0 bridgehead atoms. The first-order valence-electron chi connectivity index (χ1n) is 7.49. The van der Waals surface area contributed by atoms with Gasteiger partial charge in [-0.1, -0.05) is 19.8 Å². The van der Waals surface area contributed by atoms with Gasteiger partial charge in [-0.2, -0.15) is 0 Å². The summed E-state index contributed by atoms with van der Waals surface area (Å²) in [5.41, 5.74) is 8.30. The van der Waals surface area contributed by atoms with Crippen LogP contribution < -0.4 is 10.6 Å². The van der Waals surface area contributed by atoms with Crippen molar-refractivity contribution in [3.63, 3.8) is 0 Å². The van der Waals surface area contributed by atoms with Gasteiger partial charge >= 0.3 is 0 Å². The predicted molar refractivity (Wildman–Crippen MR) is 79.1 cm³/mol. The second kappa shape index (κ2) is 6.90. The van der Waals surface area contributed by atoms with E-state index in [2.05, 4.69) is 11.8 Å². The zero-order valence-corrected chi connectivity index (χ0v) is 11.9. The number of nitrogens with zero attached hydrogens (tertiary/aromatic N) is 1. The minimum absolute atomic E-state index is 0.118. The van der Waals surface area contributed by atoms with E-state index in [1.165, 1.54) is 31.4 Å². The van der Waals surface area contributed by atoms with Crippen LogP contribution in [0.3, 0.4) is 0 Å². The van der Waals surface area contributed by atoms with Gasteiger partial charge in [-0.15, -0.1) is 0 Å². The molecule has 1 aliphatic rings. The molecule has 1 aromatic carbocycles. The van der Waals surface area contributed by atoms with E-state index in [1.807, 2.05) is 6.07 Å². The highest BCUT2D eigenvalue weighted by Gasteiger charge is 2.15. The SMILES string of the molecule is CCC(N)Cc1cc(F)ccc1N1CCCCCC1. The average molecular weight is 264 g/mol. The molecule has 1 atom stereocenters. The molecule has 1 aliphatic heterocycles. The third-order valence-corrected chi connectivity index (χ3v) is 3.99. The van der Waals surface area contributed by atoms with Crippen LogP contribution in [0.4, 0.5) is 10.1 Å². The fourth-order valence-electron chi connectivity index (χ4n) is 2.76. The van der Waals surface area contributed by atoms with Gasteiger partial charge in [-0.3, -0.25) is 0 Å². The second-order valence-corrected chi connectivity index (χ2v) is 5.55. The maximum atomic E-state index is 13.5. The predicted octanol–water partition coefficient (Wildman–Crippen LogP) is 3.49. The number of rotatable bonds is 4. The van der Waals surface area contributed by atoms with Gasteiger partial charge < -0.3 is 10.6 Å². The molecule has 0 amide bonds. The number of hydrogen-bond acceptors (Lipinski definition) is 2. The Morgan fingerprint density at radius 1 is 1.21 bits per heavy atom. The summed E-state index contributed by atoms with van der Waals surface area (Å²) in [5, 5.41) is 0. The van der Waals surface area contributed by atoms with Gasteiger partial charge in [0.1, 0.15) is 5.82 Å². The van der Waals surface area contributed by atoms with E-state index in [0.717, 1.165) is 31.5 Å².